The van der Waals surface area contributed by atoms with Crippen molar-refractivity contribution in [2.24, 2.45) is 0 Å². The fraction of sp³-hybridized carbons (Fsp3) is 0.357. The molecule has 1 aliphatic carbocycles. The third-order valence-corrected chi connectivity index (χ3v) is 6.43. The summed E-state index contributed by atoms with van der Waals surface area (Å²) in [6.07, 6.45) is 10.7. The van der Waals surface area contributed by atoms with Gasteiger partial charge in [-0.15, -0.1) is 0 Å². The maximum absolute atomic E-state index is 12.7. The predicted octanol–water partition coefficient (Wildman–Crippen LogP) is 6.43. The predicted molar refractivity (Wildman–Crippen MR) is 135 cm³/mol. The number of fused-ring (bicyclic) bond motifs is 1. The first kappa shape index (κ1) is 23.6. The van der Waals surface area contributed by atoms with Gasteiger partial charge in [-0.2, -0.15) is 0 Å². The maximum atomic E-state index is 12.7. The molecule has 1 aromatic heterocycles. The lowest BCUT2D eigenvalue weighted by molar-refractivity contribution is -0.137. The number of carboxylic acid groups (broad SMARTS) is 1. The molecule has 4 rings (SSSR count). The summed E-state index contributed by atoms with van der Waals surface area (Å²) in [5.74, 6) is -0.564. The average Bonchev–Trinajstić information content (AvgIpc) is 3.26. The topological polar surface area (TPSA) is 80.6 Å². The number of amides is 1. The fourth-order valence-electron chi connectivity index (χ4n) is 4.64. The van der Waals surface area contributed by atoms with E-state index >= 15 is 0 Å². The zero-order chi connectivity index (χ0) is 23.9. The molecule has 34 heavy (non-hydrogen) atoms. The Balaban J connectivity index is 1.43. The van der Waals surface area contributed by atoms with Crippen molar-refractivity contribution in [3.8, 4) is 5.75 Å². The van der Waals surface area contributed by atoms with Crippen LogP contribution >= 0.6 is 0 Å². The van der Waals surface area contributed by atoms with Crippen LogP contribution in [0.4, 0.5) is 5.69 Å². The van der Waals surface area contributed by atoms with E-state index in [1.165, 1.54) is 43.0 Å². The molecule has 1 heterocycles. The third kappa shape index (κ3) is 5.87. The highest BCUT2D eigenvalue weighted by Gasteiger charge is 2.17. The monoisotopic (exact) mass is 460 g/mol. The number of aliphatic carboxylic acids is 1. The maximum Gasteiger partial charge on any atom is 0.303 e. The minimum atomic E-state index is -0.852. The van der Waals surface area contributed by atoms with Gasteiger partial charge < -0.3 is 19.7 Å². The summed E-state index contributed by atoms with van der Waals surface area (Å²) in [5.41, 5.74) is 3.71. The molecule has 1 aliphatic rings. The Bertz CT molecular complexity index is 1190. The van der Waals surface area contributed by atoms with Gasteiger partial charge in [0.05, 0.1) is 12.3 Å². The van der Waals surface area contributed by atoms with Crippen LogP contribution in [0.1, 0.15) is 63.5 Å². The van der Waals surface area contributed by atoms with Crippen LogP contribution in [0.3, 0.4) is 0 Å². The van der Waals surface area contributed by atoms with Gasteiger partial charge in [-0.1, -0.05) is 37.5 Å². The molecule has 0 unspecified atom stereocenters. The summed E-state index contributed by atoms with van der Waals surface area (Å²) in [6, 6.07) is 16.3. The molecule has 0 atom stereocenters. The first-order valence-corrected chi connectivity index (χ1v) is 12.0. The van der Waals surface area contributed by atoms with E-state index in [9.17, 15) is 9.59 Å². The first-order valence-electron chi connectivity index (χ1n) is 12.0. The zero-order valence-corrected chi connectivity index (χ0v) is 19.6. The van der Waals surface area contributed by atoms with Crippen LogP contribution in [-0.2, 0) is 9.59 Å². The molecule has 178 valence electrons. The highest BCUT2D eigenvalue weighted by Crippen LogP contribution is 2.32. The number of ether oxygens (including phenoxy) is 1. The van der Waals surface area contributed by atoms with E-state index in [-0.39, 0.29) is 18.9 Å². The number of carboxylic acids is 1. The highest BCUT2D eigenvalue weighted by molar-refractivity contribution is 6.04. The molecule has 3 aromatic rings. The normalized spacial score (nSPS) is 14.8. The lowest BCUT2D eigenvalue weighted by Gasteiger charge is -2.24. The summed E-state index contributed by atoms with van der Waals surface area (Å²) in [6.45, 7) is 2.21. The number of para-hydroxylation sites is 2. The van der Waals surface area contributed by atoms with Gasteiger partial charge in [0.15, 0.2) is 0 Å². The Kier molecular flexibility index (Phi) is 7.68. The zero-order valence-electron chi connectivity index (χ0n) is 19.6. The van der Waals surface area contributed by atoms with Gasteiger partial charge in [0.2, 0.25) is 5.91 Å². The SMILES string of the molecule is C/C(=C/C(=O)Nc1ccccc1OCCCC(=O)O)c1ccc2c(ccn2C2CCCCC2)c1. The molecule has 2 N–H and O–H groups in total. The van der Waals surface area contributed by atoms with E-state index in [0.717, 1.165) is 11.1 Å². The van der Waals surface area contributed by atoms with E-state index in [1.54, 1.807) is 18.2 Å². The second-order valence-electron chi connectivity index (χ2n) is 8.95. The number of carbonyl (C=O) groups is 2. The molecule has 1 saturated carbocycles. The van der Waals surface area contributed by atoms with Gasteiger partial charge in [-0.05, 0) is 67.7 Å². The molecule has 2 aromatic carbocycles. The molecule has 0 radical (unpaired) electrons. The van der Waals surface area contributed by atoms with Gasteiger partial charge >= 0.3 is 5.97 Å². The summed E-state index contributed by atoms with van der Waals surface area (Å²) >= 11 is 0. The van der Waals surface area contributed by atoms with Gasteiger partial charge in [0.1, 0.15) is 5.75 Å². The van der Waals surface area contributed by atoms with Crippen molar-refractivity contribution in [2.75, 3.05) is 11.9 Å². The van der Waals surface area contributed by atoms with Gasteiger partial charge in [0.25, 0.3) is 0 Å². The summed E-state index contributed by atoms with van der Waals surface area (Å²) in [5, 5.41) is 12.8. The Labute approximate surface area is 200 Å². The minimum Gasteiger partial charge on any atom is -0.491 e. The lowest BCUT2D eigenvalue weighted by atomic mass is 9.95. The lowest BCUT2D eigenvalue weighted by Crippen LogP contribution is -2.11. The molecule has 1 amide bonds. The first-order chi connectivity index (χ1) is 16.5. The van der Waals surface area contributed by atoms with Crippen LogP contribution in [0.2, 0.25) is 0 Å². The number of benzene rings is 2. The van der Waals surface area contributed by atoms with Crippen molar-refractivity contribution in [1.82, 2.24) is 4.57 Å². The number of aromatic nitrogens is 1. The molecule has 0 bridgehead atoms. The van der Waals surface area contributed by atoms with Crippen molar-refractivity contribution in [3.63, 3.8) is 0 Å². The van der Waals surface area contributed by atoms with Crippen molar-refractivity contribution < 1.29 is 19.4 Å². The molecule has 0 spiro atoms. The molecule has 1 fully saturated rings. The number of allylic oxidation sites excluding steroid dienone is 1. The number of anilines is 1. The van der Waals surface area contributed by atoms with E-state index in [4.69, 9.17) is 9.84 Å². The van der Waals surface area contributed by atoms with E-state index in [2.05, 4.69) is 40.3 Å². The molecule has 0 aliphatic heterocycles. The fourth-order valence-corrected chi connectivity index (χ4v) is 4.64. The van der Waals surface area contributed by atoms with E-state index in [0.29, 0.717) is 23.9 Å². The van der Waals surface area contributed by atoms with Crippen LogP contribution < -0.4 is 10.1 Å². The quantitative estimate of drug-likeness (QED) is 0.285. The van der Waals surface area contributed by atoms with Crippen molar-refractivity contribution in [3.05, 3.63) is 66.4 Å². The summed E-state index contributed by atoms with van der Waals surface area (Å²) in [4.78, 5) is 23.4. The van der Waals surface area contributed by atoms with Crippen LogP contribution in [0, 0.1) is 0 Å². The number of hydrogen-bond acceptors (Lipinski definition) is 3. The number of hydrogen-bond donors (Lipinski definition) is 2. The Hall–Kier alpha value is -3.54. The van der Waals surface area contributed by atoms with Crippen molar-refractivity contribution >= 4 is 34.0 Å². The number of rotatable bonds is 9. The number of carbonyl (C=O) groups excluding carboxylic acids is 1. The molecule has 6 nitrogen and oxygen atoms in total. The van der Waals surface area contributed by atoms with Crippen LogP contribution in [0.15, 0.2) is 60.8 Å². The van der Waals surface area contributed by atoms with E-state index in [1.807, 2.05) is 19.1 Å². The van der Waals surface area contributed by atoms with Crippen LogP contribution in [0.25, 0.3) is 16.5 Å². The standard InChI is InChI=1S/C28H32N2O4/c1-20(18-27(31)29-24-10-5-6-11-26(24)34-17-7-12-28(32)33)21-13-14-25-22(19-21)15-16-30(25)23-8-3-2-4-9-23/h5-6,10-11,13-16,18-19,23H,2-4,7-9,12,17H2,1H3,(H,29,31)(H,32,33)/b20-18-. The second kappa shape index (κ2) is 11.1. The second-order valence-corrected chi connectivity index (χ2v) is 8.95. The molecule has 0 saturated heterocycles. The number of nitrogens with one attached hydrogen (secondary N) is 1. The Morgan fingerprint density at radius 2 is 1.91 bits per heavy atom. The van der Waals surface area contributed by atoms with Crippen LogP contribution in [0.5, 0.6) is 5.75 Å². The molecule has 6 heteroatoms. The van der Waals surface area contributed by atoms with Gasteiger partial charge in [0, 0.05) is 35.6 Å². The van der Waals surface area contributed by atoms with Crippen molar-refractivity contribution in [1.29, 1.82) is 0 Å². The Morgan fingerprint density at radius 3 is 2.71 bits per heavy atom. The largest absolute Gasteiger partial charge is 0.491 e. The third-order valence-electron chi connectivity index (χ3n) is 6.43. The smallest absolute Gasteiger partial charge is 0.303 e. The van der Waals surface area contributed by atoms with E-state index < -0.39 is 5.97 Å². The molecular weight excluding hydrogens is 428 g/mol. The summed E-state index contributed by atoms with van der Waals surface area (Å²) < 4.78 is 8.09. The highest BCUT2D eigenvalue weighted by atomic mass is 16.5. The average molecular weight is 461 g/mol. The number of nitrogens with zero attached hydrogens (tertiary/aromatic N) is 1. The molecular formula is C28H32N2O4. The van der Waals surface area contributed by atoms with Gasteiger partial charge in [-0.25, -0.2) is 0 Å². The summed E-state index contributed by atoms with van der Waals surface area (Å²) in [7, 11) is 0. The van der Waals surface area contributed by atoms with Gasteiger partial charge in [-0.3, -0.25) is 9.59 Å². The Morgan fingerprint density at radius 1 is 1.12 bits per heavy atom. The van der Waals surface area contributed by atoms with Crippen LogP contribution in [-0.4, -0.2) is 28.2 Å². The minimum absolute atomic E-state index is 0.0465. The van der Waals surface area contributed by atoms with Crippen molar-refractivity contribution in [2.45, 2.75) is 57.9 Å².